The van der Waals surface area contributed by atoms with E-state index in [0.717, 1.165) is 50.3 Å². The van der Waals surface area contributed by atoms with E-state index in [-0.39, 0.29) is 36.4 Å². The number of alkyl halides is 1. The number of pyridine rings is 1. The van der Waals surface area contributed by atoms with E-state index in [2.05, 4.69) is 110 Å². The number of amides is 1. The number of fused-ring (bicyclic) bond motifs is 7. The van der Waals surface area contributed by atoms with Crippen molar-refractivity contribution >= 4 is 28.5 Å². The molecule has 0 saturated heterocycles. The summed E-state index contributed by atoms with van der Waals surface area (Å²) in [6.45, 7) is 18.7. The topological polar surface area (TPSA) is 63.2 Å². The first kappa shape index (κ1) is 41.9. The van der Waals surface area contributed by atoms with Crippen molar-refractivity contribution in [3.8, 4) is 0 Å². The van der Waals surface area contributed by atoms with Gasteiger partial charge in [-0.15, -0.1) is 0 Å². The van der Waals surface area contributed by atoms with Crippen molar-refractivity contribution in [1.29, 1.82) is 0 Å². The molecule has 6 aliphatic carbocycles. The van der Waals surface area contributed by atoms with Crippen LogP contribution in [0.15, 0.2) is 54.7 Å². The molecule has 6 saturated carbocycles. The maximum absolute atomic E-state index is 14.8. The summed E-state index contributed by atoms with van der Waals surface area (Å²) in [5.74, 6) is 3.81. The van der Waals surface area contributed by atoms with Crippen molar-refractivity contribution in [2.45, 2.75) is 140 Å². The molecule has 6 fully saturated rings. The van der Waals surface area contributed by atoms with E-state index in [1.165, 1.54) is 68.1 Å². The number of rotatable bonds is 11. The molecule has 8 rings (SSSR count). The number of halogens is 1. The maximum atomic E-state index is 14.8. The van der Waals surface area contributed by atoms with Crippen molar-refractivity contribution < 1.29 is 26.3 Å². The molecular weight excluding hydrogens is 836 g/mol. The Bertz CT molecular complexity index is 1720. The number of benzene rings is 1. The first-order chi connectivity index (χ1) is 25.8. The number of carbonyl (C=O) groups is 1. The van der Waals surface area contributed by atoms with Gasteiger partial charge >= 0.3 is 0 Å². The fourth-order valence-corrected chi connectivity index (χ4v) is 16.2. The molecule has 0 aliphatic heterocycles. The molecule has 1 aromatic heterocycles. The van der Waals surface area contributed by atoms with E-state index < -0.39 is 0 Å². The molecule has 1 radical (unpaired) electrons. The van der Waals surface area contributed by atoms with Gasteiger partial charge in [0.25, 0.3) is 0 Å². The molecule has 0 bridgehead atoms. The average Bonchev–Trinajstić information content (AvgIpc) is 3.90. The summed E-state index contributed by atoms with van der Waals surface area (Å²) in [6.07, 6.45) is 17.4. The largest absolute Gasteiger partial charge is 0.381 e. The Morgan fingerprint density at radius 3 is 2.51 bits per heavy atom. The van der Waals surface area contributed by atoms with E-state index >= 15 is 0 Å². The Morgan fingerprint density at radius 2 is 1.80 bits per heavy atom. The van der Waals surface area contributed by atoms with Gasteiger partial charge in [0.2, 0.25) is 5.91 Å². The minimum Gasteiger partial charge on any atom is -0.381 e. The van der Waals surface area contributed by atoms with Gasteiger partial charge < -0.3 is 15.4 Å². The molecule has 303 valence electrons. The Balaban J connectivity index is 0.00000465. The first-order valence-electron chi connectivity index (χ1n) is 21.6. The third-order valence-corrected chi connectivity index (χ3v) is 19.9. The molecule has 55 heavy (non-hydrogen) atoms. The van der Waals surface area contributed by atoms with Crippen LogP contribution in [-0.2, 0) is 39.3 Å². The second-order valence-electron chi connectivity index (χ2n) is 20.1. The van der Waals surface area contributed by atoms with Gasteiger partial charge in [0.1, 0.15) is 0 Å². The van der Waals surface area contributed by atoms with Crippen molar-refractivity contribution in [3.63, 3.8) is 0 Å². The van der Waals surface area contributed by atoms with Crippen LogP contribution in [0, 0.1) is 63.2 Å². The zero-order chi connectivity index (χ0) is 38.1. The summed E-state index contributed by atoms with van der Waals surface area (Å²) in [7, 11) is 1.93. The molecule has 1 aromatic carbocycles. The van der Waals surface area contributed by atoms with Crippen molar-refractivity contribution in [2.24, 2.45) is 57.2 Å². The van der Waals surface area contributed by atoms with Crippen LogP contribution in [0.4, 0.5) is 0 Å². The van der Waals surface area contributed by atoms with Crippen LogP contribution in [0.1, 0.15) is 135 Å². The number of hydrogen-bond acceptors (Lipinski definition) is 4. The summed E-state index contributed by atoms with van der Waals surface area (Å²) in [4.78, 5) is 19.3. The first-order valence-corrected chi connectivity index (χ1v) is 22.6. The van der Waals surface area contributed by atoms with Gasteiger partial charge in [0, 0.05) is 46.4 Å². The molecule has 6 aliphatic rings. The quantitative estimate of drug-likeness (QED) is 0.102. The molecule has 0 spiro atoms. The fraction of sp³-hybridized carbons (Fsp3) is 0.708. The van der Waals surface area contributed by atoms with Gasteiger partial charge in [-0.05, 0) is 159 Å². The Morgan fingerprint density at radius 1 is 1.00 bits per heavy atom. The normalized spacial score (nSPS) is 39.3. The van der Waals surface area contributed by atoms with Crippen LogP contribution in [-0.4, -0.2) is 34.1 Å². The van der Waals surface area contributed by atoms with E-state index in [4.69, 9.17) is 4.74 Å². The Labute approximate surface area is 356 Å². The molecule has 2 aromatic rings. The van der Waals surface area contributed by atoms with Gasteiger partial charge in [-0.1, -0.05) is 92.9 Å². The number of methoxy groups -OCH3 is 1. The minimum absolute atomic E-state index is 0. The van der Waals surface area contributed by atoms with Gasteiger partial charge in [0.15, 0.2) is 0 Å². The molecule has 5 nitrogen and oxygen atoms in total. The minimum atomic E-state index is -0.280. The zero-order valence-corrected chi connectivity index (χ0v) is 37.6. The van der Waals surface area contributed by atoms with Crippen molar-refractivity contribution in [2.75, 3.05) is 13.7 Å². The summed E-state index contributed by atoms with van der Waals surface area (Å²) < 4.78 is 6.34. The molecule has 11 atom stereocenters. The molecule has 1 amide bonds. The molecule has 1 heterocycles. The monoisotopic (exact) mass is 903 g/mol. The molecule has 7 heteroatoms. The Hall–Kier alpha value is -1.26. The smallest absolute Gasteiger partial charge is 0.226 e. The van der Waals surface area contributed by atoms with E-state index in [1.54, 1.807) is 6.20 Å². The van der Waals surface area contributed by atoms with Crippen LogP contribution >= 0.6 is 22.6 Å². The Kier molecular flexibility index (Phi) is 12.0. The van der Waals surface area contributed by atoms with Gasteiger partial charge in [0.05, 0.1) is 11.5 Å². The standard InChI is InChI=1S/C48H67IN3O2.Co/c1-31(2)36-18-24-47(43(53)51-28-21-32-11-10-12-34(29-32)42(33-14-15-33)52-30-35-13-8-9-27-50-35)25-26-48(49)37(41(36)47)16-17-39-45(5)22-20-40(54-7)44(3,4)38(45)19-23-46(39,48)6;/h8,10-13,27,29,33,36-42,52H,1,14-26,28,30H2,2-7H3,(H,51,53);/q-1;. The molecule has 2 N–H and O–H groups in total. The second-order valence-corrected chi connectivity index (χ2v) is 22.0. The number of nitrogens with one attached hydrogen (secondary N) is 2. The van der Waals surface area contributed by atoms with Crippen LogP contribution < -0.4 is 10.6 Å². The van der Waals surface area contributed by atoms with Crippen molar-refractivity contribution in [1.82, 2.24) is 15.6 Å². The van der Waals surface area contributed by atoms with E-state index in [9.17, 15) is 4.79 Å². The second kappa shape index (κ2) is 15.7. The predicted molar refractivity (Wildman–Crippen MR) is 227 cm³/mol. The summed E-state index contributed by atoms with van der Waals surface area (Å²) in [6, 6.07) is 16.4. The van der Waals surface area contributed by atoms with Gasteiger partial charge in [-0.2, -0.15) is 6.07 Å². The van der Waals surface area contributed by atoms with Crippen LogP contribution in [0.25, 0.3) is 0 Å². The number of hydrogen-bond donors (Lipinski definition) is 2. The van der Waals surface area contributed by atoms with E-state index in [1.807, 2.05) is 19.2 Å². The zero-order valence-electron chi connectivity index (χ0n) is 34.4. The summed E-state index contributed by atoms with van der Waals surface area (Å²) >= 11 is 3.02. The molecular formula is C48H67CoIN3O2-. The number of allylic oxidation sites excluding steroid dienone is 1. The van der Waals surface area contributed by atoms with Gasteiger partial charge in [-0.25, -0.2) is 12.1 Å². The summed E-state index contributed by atoms with van der Waals surface area (Å²) in [5, 5.41) is 7.39. The third kappa shape index (κ3) is 6.95. The van der Waals surface area contributed by atoms with Crippen molar-refractivity contribution in [3.05, 3.63) is 77.6 Å². The SMILES string of the molecule is C=C(C)C1CCC2(C(=O)NCCc3cccc(C(NCc4cc[c-]cn4)C4CC4)c3)CCC3(I)C(CCC4C5(C)CCC(OC)C(C)(C)C5CCC43C)C12.[Co]. The number of aromatic nitrogens is 1. The summed E-state index contributed by atoms with van der Waals surface area (Å²) in [5.41, 5.74) is 5.55. The molecule has 11 unspecified atom stereocenters. The van der Waals surface area contributed by atoms with Gasteiger partial charge in [-0.3, -0.25) is 9.78 Å². The van der Waals surface area contributed by atoms with Crippen LogP contribution in [0.5, 0.6) is 0 Å². The van der Waals surface area contributed by atoms with E-state index in [0.29, 0.717) is 59.6 Å². The number of ether oxygens (including phenoxy) is 1. The number of carbonyl (C=O) groups excluding carboxylic acids is 1. The number of nitrogens with zero attached hydrogens (tertiary/aromatic N) is 1. The predicted octanol–water partition coefficient (Wildman–Crippen LogP) is 10.6. The fourth-order valence-electron chi connectivity index (χ4n) is 14.6. The maximum Gasteiger partial charge on any atom is 0.226 e. The van der Waals surface area contributed by atoms with Crippen LogP contribution in [0.3, 0.4) is 0 Å². The third-order valence-electron chi connectivity index (χ3n) is 17.3. The van der Waals surface area contributed by atoms with Crippen LogP contribution in [0.2, 0.25) is 0 Å². The average molecular weight is 904 g/mol.